The van der Waals surface area contributed by atoms with Crippen LogP contribution >= 0.6 is 23.2 Å². The lowest BCUT2D eigenvalue weighted by atomic mass is 9.71. The van der Waals surface area contributed by atoms with Crippen LogP contribution in [0.4, 0.5) is 5.69 Å². The van der Waals surface area contributed by atoms with E-state index in [0.29, 0.717) is 15.7 Å². The van der Waals surface area contributed by atoms with E-state index in [9.17, 15) is 9.59 Å². The van der Waals surface area contributed by atoms with Crippen molar-refractivity contribution in [3.05, 3.63) is 64.1 Å². The van der Waals surface area contributed by atoms with Crippen LogP contribution in [-0.2, 0) is 14.4 Å². The van der Waals surface area contributed by atoms with Crippen LogP contribution in [0.15, 0.2) is 53.7 Å². The number of carbonyl (C=O) groups excluding carboxylic acids is 2. The molecule has 2 aliphatic heterocycles. The van der Waals surface area contributed by atoms with Gasteiger partial charge in [-0.05, 0) is 42.7 Å². The van der Waals surface area contributed by atoms with E-state index in [0.717, 1.165) is 17.7 Å². The van der Waals surface area contributed by atoms with E-state index in [1.165, 1.54) is 4.90 Å². The van der Waals surface area contributed by atoms with Gasteiger partial charge in [-0.15, -0.1) is 0 Å². The van der Waals surface area contributed by atoms with Gasteiger partial charge in [0.05, 0.1) is 23.2 Å². The normalized spacial score (nSPS) is 34.3. The Hall–Kier alpha value is -2.37. The van der Waals surface area contributed by atoms with Crippen molar-refractivity contribution >= 4 is 46.4 Å². The Morgan fingerprint density at radius 3 is 2.31 bits per heavy atom. The lowest BCUT2D eigenvalue weighted by Crippen LogP contribution is -2.41. The van der Waals surface area contributed by atoms with Crippen molar-refractivity contribution in [2.24, 2.45) is 34.7 Å². The highest BCUT2D eigenvalue weighted by atomic mass is 35.5. The smallest absolute Gasteiger partial charge is 0.238 e. The molecule has 2 saturated carbocycles. The average molecular weight is 427 g/mol. The van der Waals surface area contributed by atoms with Crippen molar-refractivity contribution in [1.29, 1.82) is 0 Å². The second kappa shape index (κ2) is 6.07. The third kappa shape index (κ3) is 2.26. The van der Waals surface area contributed by atoms with Gasteiger partial charge in [-0.3, -0.25) is 14.5 Å². The molecule has 6 atom stereocenters. The van der Waals surface area contributed by atoms with Crippen LogP contribution in [0.3, 0.4) is 0 Å². The van der Waals surface area contributed by atoms with Crippen molar-refractivity contribution in [2.45, 2.75) is 12.5 Å². The van der Waals surface area contributed by atoms with E-state index in [-0.39, 0.29) is 47.5 Å². The summed E-state index contributed by atoms with van der Waals surface area (Å²) in [7, 11) is 0. The molecule has 29 heavy (non-hydrogen) atoms. The van der Waals surface area contributed by atoms with Gasteiger partial charge in [0.15, 0.2) is 0 Å². The molecule has 2 heterocycles. The van der Waals surface area contributed by atoms with Crippen molar-refractivity contribution in [1.82, 2.24) is 0 Å². The third-order valence-corrected chi connectivity index (χ3v) is 7.51. The molecule has 2 aromatic rings. The molecule has 2 bridgehead atoms. The highest BCUT2D eigenvalue weighted by Crippen LogP contribution is 2.62. The fourth-order valence-corrected chi connectivity index (χ4v) is 6.22. The number of benzene rings is 2. The van der Waals surface area contributed by atoms with Crippen LogP contribution in [-0.4, -0.2) is 23.6 Å². The molecule has 2 aromatic carbocycles. The number of amides is 2. The Morgan fingerprint density at radius 2 is 1.59 bits per heavy atom. The standard InChI is InChI=1S/C22H16Cl2N2O3/c23-10-5-7-11(8-6-10)26-21(27)16-13-9-14(17(16)22(26)28)20-18(13)19(25-29-20)12-3-1-2-4-15(12)24/h1-8,13-14,16-18,20H,9H2/t13-,14-,16-,17-,18+,20-/m1/s1. The molecule has 0 N–H and O–H groups in total. The van der Waals surface area contributed by atoms with Crippen molar-refractivity contribution < 1.29 is 14.4 Å². The highest BCUT2D eigenvalue weighted by molar-refractivity contribution is 6.34. The number of rotatable bonds is 2. The number of hydrogen-bond donors (Lipinski definition) is 0. The van der Waals surface area contributed by atoms with Gasteiger partial charge < -0.3 is 4.84 Å². The minimum Gasteiger partial charge on any atom is -0.391 e. The van der Waals surface area contributed by atoms with Gasteiger partial charge in [-0.1, -0.05) is 46.6 Å². The number of fused-ring (bicyclic) bond motifs is 8. The Labute approximate surface area is 177 Å². The molecule has 0 aromatic heterocycles. The van der Waals surface area contributed by atoms with Gasteiger partial charge in [0.1, 0.15) is 6.10 Å². The number of anilines is 1. The molecule has 146 valence electrons. The van der Waals surface area contributed by atoms with Gasteiger partial charge in [-0.2, -0.15) is 0 Å². The molecule has 5 nitrogen and oxygen atoms in total. The van der Waals surface area contributed by atoms with Crippen LogP contribution in [0.2, 0.25) is 10.0 Å². The number of nitrogens with zero attached hydrogens (tertiary/aromatic N) is 2. The van der Waals surface area contributed by atoms with E-state index >= 15 is 0 Å². The van der Waals surface area contributed by atoms with Crippen LogP contribution in [0, 0.1) is 29.6 Å². The number of hydrogen-bond acceptors (Lipinski definition) is 4. The molecule has 2 amide bonds. The Bertz CT molecular complexity index is 1080. The maximum absolute atomic E-state index is 13.3. The van der Waals surface area contributed by atoms with Crippen LogP contribution in [0.25, 0.3) is 0 Å². The Morgan fingerprint density at radius 1 is 0.897 bits per heavy atom. The number of imide groups is 1. The largest absolute Gasteiger partial charge is 0.391 e. The predicted octanol–water partition coefficient (Wildman–Crippen LogP) is 4.17. The highest BCUT2D eigenvalue weighted by Gasteiger charge is 2.70. The lowest BCUT2D eigenvalue weighted by Gasteiger charge is -2.30. The molecule has 2 aliphatic carbocycles. The van der Waals surface area contributed by atoms with Crippen molar-refractivity contribution in [3.63, 3.8) is 0 Å². The van der Waals surface area contributed by atoms with E-state index < -0.39 is 0 Å². The Kier molecular flexibility index (Phi) is 3.66. The monoisotopic (exact) mass is 426 g/mol. The second-order valence-corrected chi connectivity index (χ2v) is 9.00. The first-order valence-electron chi connectivity index (χ1n) is 9.68. The summed E-state index contributed by atoms with van der Waals surface area (Å²) in [5.74, 6) is -0.928. The maximum atomic E-state index is 13.3. The minimum absolute atomic E-state index is 0.00696. The van der Waals surface area contributed by atoms with Crippen molar-refractivity contribution in [3.8, 4) is 0 Å². The first kappa shape index (κ1) is 17.5. The average Bonchev–Trinajstić information content (AvgIpc) is 3.44. The summed E-state index contributed by atoms with van der Waals surface area (Å²) in [4.78, 5) is 33.7. The third-order valence-electron chi connectivity index (χ3n) is 6.93. The first-order valence-corrected chi connectivity index (χ1v) is 10.4. The molecule has 4 aliphatic rings. The molecule has 3 fully saturated rings. The maximum Gasteiger partial charge on any atom is 0.238 e. The summed E-state index contributed by atoms with van der Waals surface area (Å²) in [5, 5.41) is 5.52. The van der Waals surface area contributed by atoms with Gasteiger partial charge in [0.25, 0.3) is 0 Å². The zero-order valence-corrected chi connectivity index (χ0v) is 16.7. The topological polar surface area (TPSA) is 59.0 Å². The molecule has 6 rings (SSSR count). The van der Waals surface area contributed by atoms with Crippen molar-refractivity contribution in [2.75, 3.05) is 4.90 Å². The molecular weight excluding hydrogens is 411 g/mol. The van der Waals surface area contributed by atoms with E-state index in [1.54, 1.807) is 24.3 Å². The van der Waals surface area contributed by atoms with E-state index in [2.05, 4.69) is 5.16 Å². The van der Waals surface area contributed by atoms with E-state index in [1.807, 2.05) is 24.3 Å². The SMILES string of the molecule is O=C1[C@@H]2[C@H]3C[C@@H]([C@H]4C(c5ccccc5Cl)=NO[C@H]34)[C@H]2C(=O)N1c1ccc(Cl)cc1. The fraction of sp³-hybridized carbons (Fsp3) is 0.318. The molecule has 0 radical (unpaired) electrons. The molecule has 1 saturated heterocycles. The minimum atomic E-state index is -0.342. The summed E-state index contributed by atoms with van der Waals surface area (Å²) in [5.41, 5.74) is 2.22. The van der Waals surface area contributed by atoms with Crippen LogP contribution in [0.1, 0.15) is 12.0 Å². The summed E-state index contributed by atoms with van der Waals surface area (Å²) in [6.45, 7) is 0. The summed E-state index contributed by atoms with van der Waals surface area (Å²) < 4.78 is 0. The quantitative estimate of drug-likeness (QED) is 0.677. The van der Waals surface area contributed by atoms with Gasteiger partial charge in [-0.25, -0.2) is 0 Å². The summed E-state index contributed by atoms with van der Waals surface area (Å²) in [6, 6.07) is 14.4. The van der Waals surface area contributed by atoms with Gasteiger partial charge in [0, 0.05) is 27.4 Å². The summed E-state index contributed by atoms with van der Waals surface area (Å²) in [6.07, 6.45) is 0.634. The number of halogens is 2. The first-order chi connectivity index (χ1) is 14.1. The summed E-state index contributed by atoms with van der Waals surface area (Å²) >= 11 is 12.4. The molecule has 0 unspecified atom stereocenters. The van der Waals surface area contributed by atoms with Gasteiger partial charge >= 0.3 is 0 Å². The number of oxime groups is 1. The Balaban J connectivity index is 1.37. The number of carbonyl (C=O) groups is 2. The molecular formula is C22H16Cl2N2O3. The van der Waals surface area contributed by atoms with Crippen LogP contribution < -0.4 is 4.90 Å². The van der Waals surface area contributed by atoms with Crippen LogP contribution in [0.5, 0.6) is 0 Å². The zero-order valence-electron chi connectivity index (χ0n) is 15.2. The molecule has 7 heteroatoms. The van der Waals surface area contributed by atoms with Gasteiger partial charge in [0.2, 0.25) is 11.8 Å². The lowest BCUT2D eigenvalue weighted by molar-refractivity contribution is -0.125. The van der Waals surface area contributed by atoms with E-state index in [4.69, 9.17) is 28.0 Å². The second-order valence-electron chi connectivity index (χ2n) is 8.16. The fourth-order valence-electron chi connectivity index (χ4n) is 5.86. The predicted molar refractivity (Wildman–Crippen MR) is 109 cm³/mol. The molecule has 0 spiro atoms. The zero-order chi connectivity index (χ0) is 19.9.